The number of fused-ring (bicyclic) bond motifs is 2. The van der Waals surface area contributed by atoms with Crippen molar-refractivity contribution in [1.29, 1.82) is 0 Å². The SMILES string of the molecule is CNC1CC2CCC(C1)N2Cc1ccn(C)n1. The van der Waals surface area contributed by atoms with Crippen LogP contribution in [0.2, 0.25) is 0 Å². The van der Waals surface area contributed by atoms with E-state index in [-0.39, 0.29) is 0 Å². The van der Waals surface area contributed by atoms with Crippen molar-refractivity contribution >= 4 is 0 Å². The van der Waals surface area contributed by atoms with Gasteiger partial charge in [0.2, 0.25) is 0 Å². The Morgan fingerprint density at radius 2 is 2.06 bits per heavy atom. The van der Waals surface area contributed by atoms with Gasteiger partial charge in [0.15, 0.2) is 0 Å². The van der Waals surface area contributed by atoms with Gasteiger partial charge in [-0.2, -0.15) is 5.10 Å². The third-order valence-electron chi connectivity index (χ3n) is 4.41. The fourth-order valence-corrected chi connectivity index (χ4v) is 3.50. The second-order valence-corrected chi connectivity index (χ2v) is 5.50. The minimum Gasteiger partial charge on any atom is -0.317 e. The Morgan fingerprint density at radius 3 is 2.59 bits per heavy atom. The van der Waals surface area contributed by atoms with E-state index < -0.39 is 0 Å². The van der Waals surface area contributed by atoms with Crippen LogP contribution in [0.1, 0.15) is 31.4 Å². The lowest BCUT2D eigenvalue weighted by molar-refractivity contribution is 0.110. The van der Waals surface area contributed by atoms with Crippen molar-refractivity contribution < 1.29 is 0 Å². The summed E-state index contributed by atoms with van der Waals surface area (Å²) in [4.78, 5) is 2.68. The molecule has 2 atom stereocenters. The molecule has 2 aliphatic heterocycles. The molecule has 3 rings (SSSR count). The zero-order valence-corrected chi connectivity index (χ0v) is 10.8. The minimum absolute atomic E-state index is 0.729. The fourth-order valence-electron chi connectivity index (χ4n) is 3.50. The molecule has 2 aliphatic rings. The molecule has 4 heteroatoms. The molecule has 0 spiro atoms. The van der Waals surface area contributed by atoms with Crippen molar-refractivity contribution in [2.24, 2.45) is 7.05 Å². The van der Waals surface area contributed by atoms with Crippen LogP contribution in [-0.4, -0.2) is 39.9 Å². The molecule has 4 nitrogen and oxygen atoms in total. The Hall–Kier alpha value is -0.870. The van der Waals surface area contributed by atoms with Gasteiger partial charge in [0.25, 0.3) is 0 Å². The first-order valence-electron chi connectivity index (χ1n) is 6.68. The molecule has 1 aromatic rings. The van der Waals surface area contributed by atoms with Crippen LogP contribution in [0.25, 0.3) is 0 Å². The number of nitrogens with zero attached hydrogens (tertiary/aromatic N) is 3. The van der Waals surface area contributed by atoms with Crippen LogP contribution in [0, 0.1) is 0 Å². The zero-order valence-electron chi connectivity index (χ0n) is 10.8. The number of rotatable bonds is 3. The van der Waals surface area contributed by atoms with Gasteiger partial charge >= 0.3 is 0 Å². The molecule has 94 valence electrons. The third kappa shape index (κ3) is 2.11. The smallest absolute Gasteiger partial charge is 0.0764 e. The molecule has 2 saturated heterocycles. The second kappa shape index (κ2) is 4.42. The summed E-state index contributed by atoms with van der Waals surface area (Å²) in [6.45, 7) is 1.03. The largest absolute Gasteiger partial charge is 0.317 e. The minimum atomic E-state index is 0.729. The Labute approximate surface area is 103 Å². The number of hydrogen-bond acceptors (Lipinski definition) is 3. The Balaban J connectivity index is 1.69. The molecule has 0 saturated carbocycles. The second-order valence-electron chi connectivity index (χ2n) is 5.50. The van der Waals surface area contributed by atoms with Crippen molar-refractivity contribution in [1.82, 2.24) is 20.0 Å². The average molecular weight is 234 g/mol. The summed E-state index contributed by atoms with van der Waals surface area (Å²) >= 11 is 0. The Morgan fingerprint density at radius 1 is 1.35 bits per heavy atom. The molecule has 1 aromatic heterocycles. The summed E-state index contributed by atoms with van der Waals surface area (Å²) < 4.78 is 1.90. The van der Waals surface area contributed by atoms with Crippen molar-refractivity contribution in [2.45, 2.75) is 50.4 Å². The highest BCUT2D eigenvalue weighted by molar-refractivity contribution is 5.04. The van der Waals surface area contributed by atoms with E-state index in [1.54, 1.807) is 0 Å². The molecule has 0 radical (unpaired) electrons. The molecule has 17 heavy (non-hydrogen) atoms. The topological polar surface area (TPSA) is 33.1 Å². The van der Waals surface area contributed by atoms with Gasteiger partial charge in [-0.25, -0.2) is 0 Å². The summed E-state index contributed by atoms with van der Waals surface area (Å²) in [5, 5.41) is 7.95. The number of nitrogens with one attached hydrogen (secondary N) is 1. The first-order chi connectivity index (χ1) is 8.26. The van der Waals surface area contributed by atoms with Gasteiger partial charge in [0, 0.05) is 37.9 Å². The van der Waals surface area contributed by atoms with Gasteiger partial charge in [0.1, 0.15) is 0 Å². The molecule has 0 aromatic carbocycles. The van der Waals surface area contributed by atoms with E-state index in [4.69, 9.17) is 0 Å². The quantitative estimate of drug-likeness (QED) is 0.851. The number of piperidine rings is 1. The van der Waals surface area contributed by atoms with E-state index in [1.807, 2.05) is 17.9 Å². The van der Waals surface area contributed by atoms with Crippen LogP contribution >= 0.6 is 0 Å². The lowest BCUT2D eigenvalue weighted by atomic mass is 9.97. The van der Waals surface area contributed by atoms with Crippen molar-refractivity contribution in [3.05, 3.63) is 18.0 Å². The van der Waals surface area contributed by atoms with Crippen LogP contribution in [0.5, 0.6) is 0 Å². The van der Waals surface area contributed by atoms with Gasteiger partial charge in [-0.15, -0.1) is 0 Å². The average Bonchev–Trinajstić information content (AvgIpc) is 2.82. The highest BCUT2D eigenvalue weighted by atomic mass is 15.3. The van der Waals surface area contributed by atoms with Gasteiger partial charge in [-0.05, 0) is 38.8 Å². The predicted molar refractivity (Wildman–Crippen MR) is 67.6 cm³/mol. The van der Waals surface area contributed by atoms with Crippen LogP contribution in [-0.2, 0) is 13.6 Å². The lowest BCUT2D eigenvalue weighted by Gasteiger charge is -2.38. The van der Waals surface area contributed by atoms with Crippen molar-refractivity contribution in [2.75, 3.05) is 7.05 Å². The molecular weight excluding hydrogens is 212 g/mol. The summed E-state index contributed by atoms with van der Waals surface area (Å²) in [6.07, 6.45) is 7.39. The van der Waals surface area contributed by atoms with Gasteiger partial charge in [-0.3, -0.25) is 9.58 Å². The summed E-state index contributed by atoms with van der Waals surface area (Å²) in [6, 6.07) is 4.41. The normalized spacial score (nSPS) is 33.2. The van der Waals surface area contributed by atoms with E-state index in [1.165, 1.54) is 31.4 Å². The van der Waals surface area contributed by atoms with E-state index in [0.717, 1.165) is 24.7 Å². The molecule has 2 unspecified atom stereocenters. The maximum absolute atomic E-state index is 4.50. The highest BCUT2D eigenvalue weighted by Crippen LogP contribution is 2.36. The molecule has 0 amide bonds. The van der Waals surface area contributed by atoms with E-state index in [0.29, 0.717) is 0 Å². The monoisotopic (exact) mass is 234 g/mol. The molecule has 1 N–H and O–H groups in total. The first-order valence-corrected chi connectivity index (χ1v) is 6.68. The van der Waals surface area contributed by atoms with Crippen molar-refractivity contribution in [3.63, 3.8) is 0 Å². The van der Waals surface area contributed by atoms with Crippen LogP contribution < -0.4 is 5.32 Å². The van der Waals surface area contributed by atoms with Crippen molar-refractivity contribution in [3.8, 4) is 0 Å². The fraction of sp³-hybridized carbons (Fsp3) is 0.769. The van der Waals surface area contributed by atoms with Crippen LogP contribution in [0.4, 0.5) is 0 Å². The van der Waals surface area contributed by atoms with E-state index in [2.05, 4.69) is 28.4 Å². The molecular formula is C13H22N4. The van der Waals surface area contributed by atoms with E-state index in [9.17, 15) is 0 Å². The molecule has 2 bridgehead atoms. The van der Waals surface area contributed by atoms with Crippen LogP contribution in [0.15, 0.2) is 12.3 Å². The number of aromatic nitrogens is 2. The lowest BCUT2D eigenvalue weighted by Crippen LogP contribution is -2.47. The van der Waals surface area contributed by atoms with Crippen LogP contribution in [0.3, 0.4) is 0 Å². The van der Waals surface area contributed by atoms with E-state index >= 15 is 0 Å². The molecule has 3 heterocycles. The molecule has 0 aliphatic carbocycles. The molecule has 2 fully saturated rings. The predicted octanol–water partition coefficient (Wildman–Crippen LogP) is 1.13. The maximum Gasteiger partial charge on any atom is 0.0764 e. The summed E-state index contributed by atoms with van der Waals surface area (Å²) in [5.74, 6) is 0. The first kappa shape index (κ1) is 11.2. The Kier molecular flexibility index (Phi) is 2.92. The third-order valence-corrected chi connectivity index (χ3v) is 4.41. The number of aryl methyl sites for hydroxylation is 1. The number of hydrogen-bond donors (Lipinski definition) is 1. The van der Waals surface area contributed by atoms with Gasteiger partial charge in [0.05, 0.1) is 5.69 Å². The summed E-state index contributed by atoms with van der Waals surface area (Å²) in [7, 11) is 4.09. The van der Waals surface area contributed by atoms with Gasteiger partial charge in [-0.1, -0.05) is 0 Å². The standard InChI is InChI=1S/C13H22N4/c1-14-11-7-12-3-4-13(8-11)17(12)9-10-5-6-16(2)15-10/h5-6,11-14H,3-4,7-9H2,1-2H3. The summed E-state index contributed by atoms with van der Waals surface area (Å²) in [5.41, 5.74) is 1.22. The maximum atomic E-state index is 4.50. The Bertz CT molecular complexity index is 373. The zero-order chi connectivity index (χ0) is 11.8. The van der Waals surface area contributed by atoms with Gasteiger partial charge < -0.3 is 5.32 Å². The highest BCUT2D eigenvalue weighted by Gasteiger charge is 2.40.